The van der Waals surface area contributed by atoms with E-state index in [0.717, 1.165) is 0 Å². The van der Waals surface area contributed by atoms with Gasteiger partial charge >= 0.3 is 0 Å². The molecule has 1 heterocycles. The number of aromatic amines is 1. The zero-order valence-electron chi connectivity index (χ0n) is 10.0. The van der Waals surface area contributed by atoms with Crippen LogP contribution in [0.4, 0.5) is 11.4 Å². The van der Waals surface area contributed by atoms with E-state index >= 15 is 0 Å². The minimum atomic E-state index is -0.526. The maximum atomic E-state index is 11.6. The summed E-state index contributed by atoms with van der Waals surface area (Å²) in [5.74, 6) is 0. The van der Waals surface area contributed by atoms with Gasteiger partial charge in [0.05, 0.1) is 22.2 Å². The van der Waals surface area contributed by atoms with Gasteiger partial charge in [0.15, 0.2) is 0 Å². The molecule has 2 rings (SSSR count). The number of fused-ring (bicyclic) bond motifs is 1. The molecule has 7 heteroatoms. The molecule has 0 aliphatic carbocycles. The lowest BCUT2D eigenvalue weighted by atomic mass is 10.2. The van der Waals surface area contributed by atoms with Crippen molar-refractivity contribution in [3.63, 3.8) is 0 Å². The highest BCUT2D eigenvalue weighted by Crippen LogP contribution is 2.27. The van der Waals surface area contributed by atoms with Gasteiger partial charge < -0.3 is 10.3 Å². The summed E-state index contributed by atoms with van der Waals surface area (Å²) in [6.07, 6.45) is 3.66. The third-order valence-electron chi connectivity index (χ3n) is 2.62. The molecule has 0 saturated heterocycles. The predicted molar refractivity (Wildman–Crippen MR) is 72.3 cm³/mol. The number of aromatic nitrogens is 2. The van der Waals surface area contributed by atoms with Crippen molar-refractivity contribution in [1.82, 2.24) is 9.97 Å². The van der Waals surface area contributed by atoms with Crippen LogP contribution in [0.2, 0.25) is 0 Å². The van der Waals surface area contributed by atoms with E-state index in [1.807, 2.05) is 0 Å². The van der Waals surface area contributed by atoms with Crippen LogP contribution in [0.5, 0.6) is 0 Å². The number of nitrogens with zero attached hydrogens (tertiary/aromatic N) is 2. The van der Waals surface area contributed by atoms with Crippen LogP contribution in [0.1, 0.15) is 6.42 Å². The van der Waals surface area contributed by atoms with E-state index in [1.165, 1.54) is 18.5 Å². The normalized spacial score (nSPS) is 10.3. The molecule has 1 aromatic carbocycles. The first-order valence-corrected chi connectivity index (χ1v) is 5.64. The number of hydrogen-bond donors (Lipinski definition) is 2. The number of nitro benzene ring substituents is 1. The van der Waals surface area contributed by atoms with Gasteiger partial charge in [0, 0.05) is 12.6 Å². The quantitative estimate of drug-likeness (QED) is 0.369. The molecule has 2 N–H and O–H groups in total. The molecule has 0 spiro atoms. The van der Waals surface area contributed by atoms with Crippen molar-refractivity contribution < 1.29 is 4.92 Å². The molecule has 2 aromatic rings. The minimum Gasteiger partial charge on any atom is -0.379 e. The monoisotopic (exact) mass is 260 g/mol. The summed E-state index contributed by atoms with van der Waals surface area (Å²) in [6.45, 7) is 4.11. The summed E-state index contributed by atoms with van der Waals surface area (Å²) in [5.41, 5.74) is 0.216. The van der Waals surface area contributed by atoms with E-state index in [9.17, 15) is 14.9 Å². The van der Waals surface area contributed by atoms with Gasteiger partial charge in [-0.2, -0.15) is 0 Å². The second kappa shape index (κ2) is 5.30. The Balaban J connectivity index is 2.54. The van der Waals surface area contributed by atoms with Gasteiger partial charge in [-0.1, -0.05) is 6.08 Å². The molecule has 0 saturated carbocycles. The van der Waals surface area contributed by atoms with Crippen LogP contribution >= 0.6 is 0 Å². The SMILES string of the molecule is C=CCCNc1cc2nc[nH]c(=O)c2cc1[N+](=O)[O-]. The number of nitro groups is 1. The Hall–Kier alpha value is -2.70. The number of anilines is 1. The molecule has 0 aliphatic rings. The molecule has 19 heavy (non-hydrogen) atoms. The van der Waals surface area contributed by atoms with E-state index in [0.29, 0.717) is 24.2 Å². The summed E-state index contributed by atoms with van der Waals surface area (Å²) >= 11 is 0. The Morgan fingerprint density at radius 2 is 2.32 bits per heavy atom. The lowest BCUT2D eigenvalue weighted by Gasteiger charge is -2.06. The van der Waals surface area contributed by atoms with Gasteiger partial charge in [-0.15, -0.1) is 6.58 Å². The van der Waals surface area contributed by atoms with Gasteiger partial charge in [-0.05, 0) is 12.5 Å². The van der Waals surface area contributed by atoms with Crippen molar-refractivity contribution in [2.45, 2.75) is 6.42 Å². The van der Waals surface area contributed by atoms with Gasteiger partial charge in [-0.25, -0.2) is 4.98 Å². The number of nitrogens with one attached hydrogen (secondary N) is 2. The second-order valence-corrected chi connectivity index (χ2v) is 3.88. The maximum Gasteiger partial charge on any atom is 0.293 e. The topological polar surface area (TPSA) is 101 Å². The first-order valence-electron chi connectivity index (χ1n) is 5.64. The molecule has 0 unspecified atom stereocenters. The summed E-state index contributed by atoms with van der Waals surface area (Å²) in [6, 6.07) is 2.74. The summed E-state index contributed by atoms with van der Waals surface area (Å²) < 4.78 is 0. The highest BCUT2D eigenvalue weighted by molar-refractivity contribution is 5.86. The molecule has 98 valence electrons. The van der Waals surface area contributed by atoms with Crippen molar-refractivity contribution in [1.29, 1.82) is 0 Å². The highest BCUT2D eigenvalue weighted by Gasteiger charge is 2.16. The first kappa shape index (κ1) is 12.7. The molecule has 0 amide bonds. The molecule has 0 atom stereocenters. The largest absolute Gasteiger partial charge is 0.379 e. The second-order valence-electron chi connectivity index (χ2n) is 3.88. The summed E-state index contributed by atoms with van der Waals surface area (Å²) in [4.78, 5) is 28.5. The van der Waals surface area contributed by atoms with E-state index in [2.05, 4.69) is 21.9 Å². The van der Waals surface area contributed by atoms with E-state index in [4.69, 9.17) is 0 Å². The third-order valence-corrected chi connectivity index (χ3v) is 2.62. The number of benzene rings is 1. The van der Waals surface area contributed by atoms with E-state index in [1.54, 1.807) is 6.08 Å². The Kier molecular flexibility index (Phi) is 3.56. The first-order chi connectivity index (χ1) is 9.13. The van der Waals surface area contributed by atoms with Crippen LogP contribution in [0.3, 0.4) is 0 Å². The lowest BCUT2D eigenvalue weighted by Crippen LogP contribution is -2.09. The Morgan fingerprint density at radius 3 is 3.00 bits per heavy atom. The molecule has 1 aromatic heterocycles. The van der Waals surface area contributed by atoms with Crippen molar-refractivity contribution in [3.8, 4) is 0 Å². The molecular weight excluding hydrogens is 248 g/mol. The lowest BCUT2D eigenvalue weighted by molar-refractivity contribution is -0.383. The molecular formula is C12H12N4O3. The molecule has 0 radical (unpaired) electrons. The molecule has 0 bridgehead atoms. The summed E-state index contributed by atoms with van der Waals surface area (Å²) in [7, 11) is 0. The van der Waals surface area contributed by atoms with Crippen molar-refractivity contribution >= 4 is 22.3 Å². The molecule has 0 aliphatic heterocycles. The van der Waals surface area contributed by atoms with E-state index in [-0.39, 0.29) is 11.1 Å². The maximum absolute atomic E-state index is 11.6. The molecule has 0 fully saturated rings. The van der Waals surface area contributed by atoms with Crippen LogP contribution in [-0.4, -0.2) is 21.4 Å². The Labute approximate surface area is 108 Å². The zero-order valence-corrected chi connectivity index (χ0v) is 10.0. The predicted octanol–water partition coefficient (Wildman–Crippen LogP) is 1.82. The molecule has 7 nitrogen and oxygen atoms in total. The van der Waals surface area contributed by atoms with Gasteiger partial charge in [0.25, 0.3) is 11.2 Å². The fourth-order valence-electron chi connectivity index (χ4n) is 1.71. The van der Waals surface area contributed by atoms with Crippen molar-refractivity contribution in [3.05, 3.63) is 51.6 Å². The average Bonchev–Trinajstić information content (AvgIpc) is 2.38. The number of hydrogen-bond acceptors (Lipinski definition) is 5. The van der Waals surface area contributed by atoms with Crippen LogP contribution in [-0.2, 0) is 0 Å². The van der Waals surface area contributed by atoms with Gasteiger partial charge in [-0.3, -0.25) is 14.9 Å². The standard InChI is InChI=1S/C12H12N4O3/c1-2-3-4-13-10-6-9-8(5-11(10)16(18)19)12(17)15-7-14-9/h2,5-7,13H,1,3-4H2,(H,14,15,17). The number of rotatable bonds is 5. The average molecular weight is 260 g/mol. The fraction of sp³-hybridized carbons (Fsp3) is 0.167. The Morgan fingerprint density at radius 1 is 1.53 bits per heavy atom. The van der Waals surface area contributed by atoms with Crippen LogP contribution in [0.15, 0.2) is 35.9 Å². The van der Waals surface area contributed by atoms with Crippen LogP contribution < -0.4 is 10.9 Å². The highest BCUT2D eigenvalue weighted by atomic mass is 16.6. The van der Waals surface area contributed by atoms with Gasteiger partial charge in [0.2, 0.25) is 0 Å². The zero-order chi connectivity index (χ0) is 13.8. The van der Waals surface area contributed by atoms with Crippen molar-refractivity contribution in [2.75, 3.05) is 11.9 Å². The van der Waals surface area contributed by atoms with Crippen LogP contribution in [0.25, 0.3) is 10.9 Å². The number of H-pyrrole nitrogens is 1. The third kappa shape index (κ3) is 2.59. The van der Waals surface area contributed by atoms with E-state index < -0.39 is 10.5 Å². The smallest absolute Gasteiger partial charge is 0.293 e. The minimum absolute atomic E-state index is 0.143. The summed E-state index contributed by atoms with van der Waals surface area (Å²) in [5, 5.41) is 14.2. The fourth-order valence-corrected chi connectivity index (χ4v) is 1.71. The van der Waals surface area contributed by atoms with Crippen LogP contribution in [0, 0.1) is 10.1 Å². The van der Waals surface area contributed by atoms with Gasteiger partial charge in [0.1, 0.15) is 5.69 Å². The Bertz CT molecular complexity index is 693. The van der Waals surface area contributed by atoms with Crippen molar-refractivity contribution in [2.24, 2.45) is 0 Å².